The standard InChI is InChI=1S/Br2ClP/c1-4(2)3. The average Bonchev–Trinajstić information content (AvgIpc) is 0.811. The molecule has 0 unspecified atom stereocenters. The van der Waals surface area contributed by atoms with Gasteiger partial charge in [-0.05, 0) is 31.0 Å². The topological polar surface area (TPSA) is 0 Å². The summed E-state index contributed by atoms with van der Waals surface area (Å²) >= 11 is 11.2. The largest absolute Gasteiger partial charge is 0.129 e. The van der Waals surface area contributed by atoms with Gasteiger partial charge in [-0.3, -0.25) is 0 Å². The second-order valence-electron chi connectivity index (χ2n) is 0.192. The molecular formula is Br2ClP. The minimum atomic E-state index is -0.523. The molecular weight excluding hydrogens is 226 g/mol. The SMILES string of the molecule is ClP(Br)Br. The predicted molar refractivity (Wildman–Crippen MR) is 30.6 cm³/mol. The molecule has 0 aromatic heterocycles. The van der Waals surface area contributed by atoms with Gasteiger partial charge in [0.15, 0.2) is 0 Å². The highest BCUT2D eigenvalue weighted by atomic mass is 79.9. The van der Waals surface area contributed by atoms with E-state index in [0.717, 1.165) is 0 Å². The molecule has 0 saturated heterocycles. The maximum atomic E-state index is 5.17. The minimum absolute atomic E-state index is 0.523. The van der Waals surface area contributed by atoms with E-state index in [4.69, 9.17) is 11.2 Å². The van der Waals surface area contributed by atoms with Crippen molar-refractivity contribution in [3.05, 3.63) is 0 Å². The Kier molecular flexibility index (Phi) is 4.11. The van der Waals surface area contributed by atoms with Crippen molar-refractivity contribution in [3.63, 3.8) is 0 Å². The van der Waals surface area contributed by atoms with Gasteiger partial charge in [-0.2, -0.15) is 0 Å². The van der Waals surface area contributed by atoms with Crippen LogP contribution in [0.4, 0.5) is 0 Å². The highest BCUT2D eigenvalue weighted by Crippen LogP contribution is 2.56. The van der Waals surface area contributed by atoms with Gasteiger partial charge in [0, 0.05) is 0 Å². The van der Waals surface area contributed by atoms with E-state index >= 15 is 0 Å². The third-order valence-electron chi connectivity index (χ3n) is 0. The zero-order valence-electron chi connectivity index (χ0n) is 1.58. The lowest BCUT2D eigenvalue weighted by atomic mass is 30.7. The zero-order valence-corrected chi connectivity index (χ0v) is 6.40. The van der Waals surface area contributed by atoms with E-state index in [1.165, 1.54) is 0 Å². The van der Waals surface area contributed by atoms with Crippen molar-refractivity contribution in [2.75, 3.05) is 0 Å². The van der Waals surface area contributed by atoms with E-state index in [-0.39, 0.29) is 0 Å². The second-order valence-corrected chi connectivity index (χ2v) is 11.2. The highest BCUT2D eigenvalue weighted by Gasteiger charge is 1.78. The fourth-order valence-corrected chi connectivity index (χ4v) is 0. The zero-order chi connectivity index (χ0) is 3.58. The van der Waals surface area contributed by atoms with Crippen molar-refractivity contribution >= 4 is 46.9 Å². The molecule has 4 heavy (non-hydrogen) atoms. The molecule has 0 N–H and O–H groups in total. The van der Waals surface area contributed by atoms with Crippen LogP contribution in [0.3, 0.4) is 0 Å². The van der Waals surface area contributed by atoms with Crippen molar-refractivity contribution in [2.24, 2.45) is 0 Å². The molecule has 0 heterocycles. The first-order chi connectivity index (χ1) is 1.73. The van der Waals surface area contributed by atoms with Crippen molar-refractivity contribution < 1.29 is 0 Å². The van der Waals surface area contributed by atoms with Gasteiger partial charge < -0.3 is 0 Å². The van der Waals surface area contributed by atoms with Gasteiger partial charge >= 0.3 is 0 Å². The summed E-state index contributed by atoms with van der Waals surface area (Å²) in [7, 11) is 0. The van der Waals surface area contributed by atoms with Crippen LogP contribution in [0.15, 0.2) is 0 Å². The number of rotatable bonds is 0. The molecule has 0 aliphatic rings. The van der Waals surface area contributed by atoms with Crippen LogP contribution in [-0.4, -0.2) is 0 Å². The van der Waals surface area contributed by atoms with Crippen LogP contribution in [0.25, 0.3) is 0 Å². The maximum Gasteiger partial charge on any atom is 0.129 e. The van der Waals surface area contributed by atoms with E-state index < -0.39 is 4.68 Å². The quantitative estimate of drug-likeness (QED) is 0.556. The van der Waals surface area contributed by atoms with E-state index in [1.807, 2.05) is 0 Å². The van der Waals surface area contributed by atoms with Crippen LogP contribution in [0.5, 0.6) is 0 Å². The molecule has 0 aromatic carbocycles. The van der Waals surface area contributed by atoms with Gasteiger partial charge in [0.25, 0.3) is 0 Å². The monoisotopic (exact) mass is 224 g/mol. The number of hydrogen-bond donors (Lipinski definition) is 0. The van der Waals surface area contributed by atoms with Crippen molar-refractivity contribution in [3.8, 4) is 0 Å². The van der Waals surface area contributed by atoms with E-state index in [2.05, 4.69) is 31.0 Å². The normalized spacial score (nSPS) is 9.00. The van der Waals surface area contributed by atoms with Crippen molar-refractivity contribution in [2.45, 2.75) is 0 Å². The molecule has 0 saturated carbocycles. The molecule has 0 amide bonds. The van der Waals surface area contributed by atoms with Gasteiger partial charge in [-0.15, -0.1) is 0 Å². The Labute approximate surface area is 46.9 Å². The van der Waals surface area contributed by atoms with Gasteiger partial charge in [0.1, 0.15) is 4.68 Å². The summed E-state index contributed by atoms with van der Waals surface area (Å²) in [6.07, 6.45) is 0. The van der Waals surface area contributed by atoms with Crippen LogP contribution in [0.2, 0.25) is 0 Å². The third kappa shape index (κ3) is 9.36. The van der Waals surface area contributed by atoms with Crippen molar-refractivity contribution in [1.29, 1.82) is 0 Å². The summed E-state index contributed by atoms with van der Waals surface area (Å²) < 4.78 is -0.523. The van der Waals surface area contributed by atoms with Crippen LogP contribution in [0.1, 0.15) is 0 Å². The third-order valence-corrected chi connectivity index (χ3v) is 0. The lowest BCUT2D eigenvalue weighted by Gasteiger charge is -1.69. The van der Waals surface area contributed by atoms with E-state index in [0.29, 0.717) is 0 Å². The Morgan fingerprint density at radius 1 is 1.50 bits per heavy atom. The predicted octanol–water partition coefficient (Wildman–Crippen LogP) is 3.24. The molecule has 0 aromatic rings. The minimum Gasteiger partial charge on any atom is -0.0705 e. The Morgan fingerprint density at radius 3 is 1.50 bits per heavy atom. The molecule has 0 nitrogen and oxygen atoms in total. The molecule has 0 fully saturated rings. The molecule has 0 bridgehead atoms. The fraction of sp³-hybridized carbons (Fsp3) is 0. The van der Waals surface area contributed by atoms with Gasteiger partial charge in [-0.1, -0.05) is 11.2 Å². The van der Waals surface area contributed by atoms with Gasteiger partial charge in [0.05, 0.1) is 0 Å². The highest BCUT2D eigenvalue weighted by molar-refractivity contribution is 9.72. The van der Waals surface area contributed by atoms with E-state index in [1.54, 1.807) is 0 Å². The Hall–Kier alpha value is 1.68. The molecule has 4 heteroatoms. The molecule has 26 valence electrons. The lowest BCUT2D eigenvalue weighted by molar-refractivity contribution is 5.09. The summed E-state index contributed by atoms with van der Waals surface area (Å²) in [6, 6.07) is 0. The maximum absolute atomic E-state index is 5.17. The number of halogens is 3. The van der Waals surface area contributed by atoms with Crippen LogP contribution < -0.4 is 0 Å². The first-order valence-electron chi connectivity index (χ1n) is 0.507. The Bertz CT molecular complexity index is 10.8. The smallest absolute Gasteiger partial charge is 0.0705 e. The van der Waals surface area contributed by atoms with E-state index in [9.17, 15) is 0 Å². The lowest BCUT2D eigenvalue weighted by Crippen LogP contribution is -0.906. The first kappa shape index (κ1) is 5.68. The molecule has 0 radical (unpaired) electrons. The summed E-state index contributed by atoms with van der Waals surface area (Å²) in [4.78, 5) is 0. The summed E-state index contributed by atoms with van der Waals surface area (Å²) in [5, 5.41) is 0. The number of hydrogen-bond acceptors (Lipinski definition) is 0. The van der Waals surface area contributed by atoms with Crippen LogP contribution in [0, 0.1) is 0 Å². The average molecular weight is 226 g/mol. The fourth-order valence-electron chi connectivity index (χ4n) is 0. The Morgan fingerprint density at radius 2 is 1.50 bits per heavy atom. The van der Waals surface area contributed by atoms with Gasteiger partial charge in [0.2, 0.25) is 0 Å². The van der Waals surface area contributed by atoms with Crippen LogP contribution in [-0.2, 0) is 0 Å². The summed E-state index contributed by atoms with van der Waals surface area (Å²) in [6.45, 7) is 0. The van der Waals surface area contributed by atoms with Gasteiger partial charge in [-0.25, -0.2) is 0 Å². The van der Waals surface area contributed by atoms with Crippen LogP contribution >= 0.6 is 46.9 Å². The molecule has 0 spiro atoms. The molecule has 0 aliphatic carbocycles. The molecule has 0 rings (SSSR count). The second kappa shape index (κ2) is 2.89. The summed E-state index contributed by atoms with van der Waals surface area (Å²) in [5.41, 5.74) is 0. The molecule has 0 aliphatic heterocycles. The first-order valence-corrected chi connectivity index (χ1v) is 6.79. The Balaban J connectivity index is 2.32. The molecule has 0 atom stereocenters. The van der Waals surface area contributed by atoms with Crippen molar-refractivity contribution in [1.82, 2.24) is 0 Å². The summed E-state index contributed by atoms with van der Waals surface area (Å²) in [5.74, 6) is 0.